The van der Waals surface area contributed by atoms with Gasteiger partial charge in [0, 0.05) is 71.3 Å². The molecule has 1 saturated heterocycles. The first-order valence-corrected chi connectivity index (χ1v) is 7.52. The van der Waals surface area contributed by atoms with Gasteiger partial charge in [-0.25, -0.2) is 0 Å². The third-order valence-electron chi connectivity index (χ3n) is 4.28. The van der Waals surface area contributed by atoms with Crippen LogP contribution < -0.4 is 0 Å². The smallest absolute Gasteiger partial charge is 0.0638 e. The molecule has 0 radical (unpaired) electrons. The van der Waals surface area contributed by atoms with E-state index in [1.54, 1.807) is 0 Å². The van der Waals surface area contributed by atoms with Gasteiger partial charge in [0.05, 0.1) is 11.4 Å². The zero-order valence-corrected chi connectivity index (χ0v) is 13.2. The fourth-order valence-electron chi connectivity index (χ4n) is 2.94. The molecule has 0 aromatic carbocycles. The van der Waals surface area contributed by atoms with Crippen LogP contribution in [0.15, 0.2) is 18.5 Å². The molecule has 1 aliphatic rings. The summed E-state index contributed by atoms with van der Waals surface area (Å²) < 4.78 is 3.87. The fourth-order valence-corrected chi connectivity index (χ4v) is 2.94. The Balaban J connectivity index is 1.51. The van der Waals surface area contributed by atoms with E-state index in [0.29, 0.717) is 0 Å². The number of aryl methyl sites for hydroxylation is 3. The predicted octanol–water partition coefficient (Wildman–Crippen LogP) is 0.780. The van der Waals surface area contributed by atoms with E-state index in [1.807, 2.05) is 29.7 Å². The second-order valence-electron chi connectivity index (χ2n) is 5.91. The van der Waals surface area contributed by atoms with Crippen molar-refractivity contribution in [1.82, 2.24) is 29.4 Å². The molecular formula is C15H24N6. The molecule has 21 heavy (non-hydrogen) atoms. The van der Waals surface area contributed by atoms with E-state index < -0.39 is 0 Å². The maximum atomic E-state index is 4.42. The minimum absolute atomic E-state index is 0.996. The molecule has 1 aliphatic heterocycles. The van der Waals surface area contributed by atoms with Crippen molar-refractivity contribution in [1.29, 1.82) is 0 Å². The quantitative estimate of drug-likeness (QED) is 0.834. The van der Waals surface area contributed by atoms with Crippen LogP contribution in [-0.4, -0.2) is 55.5 Å². The minimum atomic E-state index is 0.996. The molecule has 0 aliphatic carbocycles. The summed E-state index contributed by atoms with van der Waals surface area (Å²) in [6.45, 7) is 8.57. The standard InChI is InChI=1S/C15H24N6/c1-13-14(10-18(2)17-13)11-20-6-8-21(9-7-20)12-15-4-5-16-19(15)3/h4-5,10H,6-9,11-12H2,1-3H3. The summed E-state index contributed by atoms with van der Waals surface area (Å²) in [4.78, 5) is 5.02. The summed E-state index contributed by atoms with van der Waals surface area (Å²) in [5, 5.41) is 8.66. The van der Waals surface area contributed by atoms with Gasteiger partial charge < -0.3 is 0 Å². The van der Waals surface area contributed by atoms with Gasteiger partial charge in [-0.2, -0.15) is 10.2 Å². The molecule has 6 nitrogen and oxygen atoms in total. The highest BCUT2D eigenvalue weighted by Crippen LogP contribution is 2.12. The molecule has 0 N–H and O–H groups in total. The van der Waals surface area contributed by atoms with E-state index in [-0.39, 0.29) is 0 Å². The number of nitrogens with zero attached hydrogens (tertiary/aromatic N) is 6. The number of aromatic nitrogens is 4. The van der Waals surface area contributed by atoms with Crippen molar-refractivity contribution in [2.75, 3.05) is 26.2 Å². The lowest BCUT2D eigenvalue weighted by atomic mass is 10.2. The topological polar surface area (TPSA) is 42.1 Å². The first kappa shape index (κ1) is 14.3. The lowest BCUT2D eigenvalue weighted by molar-refractivity contribution is 0.120. The second-order valence-corrected chi connectivity index (χ2v) is 5.91. The Morgan fingerprint density at radius 3 is 2.24 bits per heavy atom. The summed E-state index contributed by atoms with van der Waals surface area (Å²) in [5.74, 6) is 0. The van der Waals surface area contributed by atoms with E-state index >= 15 is 0 Å². The minimum Gasteiger partial charge on any atom is -0.296 e. The highest BCUT2D eigenvalue weighted by Gasteiger charge is 2.19. The Bertz CT molecular complexity index is 591. The van der Waals surface area contributed by atoms with Crippen molar-refractivity contribution < 1.29 is 0 Å². The van der Waals surface area contributed by atoms with Crippen molar-refractivity contribution in [3.05, 3.63) is 35.4 Å². The second kappa shape index (κ2) is 5.99. The molecule has 2 aromatic heterocycles. The Hall–Kier alpha value is -1.66. The molecule has 0 saturated carbocycles. The highest BCUT2D eigenvalue weighted by molar-refractivity contribution is 5.15. The van der Waals surface area contributed by atoms with Gasteiger partial charge in [-0.15, -0.1) is 0 Å². The molecule has 3 heterocycles. The number of piperazine rings is 1. The zero-order chi connectivity index (χ0) is 14.8. The maximum absolute atomic E-state index is 4.42. The summed E-state index contributed by atoms with van der Waals surface area (Å²) in [6, 6.07) is 2.10. The molecule has 1 fully saturated rings. The Morgan fingerprint density at radius 1 is 1.05 bits per heavy atom. The van der Waals surface area contributed by atoms with Gasteiger partial charge in [0.2, 0.25) is 0 Å². The van der Waals surface area contributed by atoms with Crippen molar-refractivity contribution >= 4 is 0 Å². The van der Waals surface area contributed by atoms with Crippen molar-refractivity contribution in [2.24, 2.45) is 14.1 Å². The third kappa shape index (κ3) is 3.33. The van der Waals surface area contributed by atoms with E-state index in [1.165, 1.54) is 11.3 Å². The summed E-state index contributed by atoms with van der Waals surface area (Å²) in [7, 11) is 4.00. The summed E-state index contributed by atoms with van der Waals surface area (Å²) in [5.41, 5.74) is 3.78. The largest absolute Gasteiger partial charge is 0.296 e. The molecule has 0 bridgehead atoms. The van der Waals surface area contributed by atoms with Crippen LogP contribution in [0.1, 0.15) is 17.0 Å². The van der Waals surface area contributed by atoms with E-state index in [9.17, 15) is 0 Å². The first-order valence-electron chi connectivity index (χ1n) is 7.52. The molecule has 0 unspecified atom stereocenters. The van der Waals surface area contributed by atoms with Crippen LogP contribution in [0, 0.1) is 6.92 Å². The lowest BCUT2D eigenvalue weighted by Gasteiger charge is -2.34. The van der Waals surface area contributed by atoms with Crippen LogP contribution in [0.3, 0.4) is 0 Å². The predicted molar refractivity (Wildman–Crippen MR) is 81.7 cm³/mol. The molecule has 3 rings (SSSR count). The lowest BCUT2D eigenvalue weighted by Crippen LogP contribution is -2.45. The average molecular weight is 288 g/mol. The number of hydrogen-bond donors (Lipinski definition) is 0. The van der Waals surface area contributed by atoms with Gasteiger partial charge in [0.15, 0.2) is 0 Å². The Kier molecular flexibility index (Phi) is 4.07. The van der Waals surface area contributed by atoms with E-state index in [2.05, 4.69) is 39.2 Å². The van der Waals surface area contributed by atoms with Crippen molar-refractivity contribution in [3.8, 4) is 0 Å². The van der Waals surface area contributed by atoms with Crippen molar-refractivity contribution in [3.63, 3.8) is 0 Å². The Labute approximate surface area is 126 Å². The van der Waals surface area contributed by atoms with E-state index in [4.69, 9.17) is 0 Å². The fraction of sp³-hybridized carbons (Fsp3) is 0.600. The van der Waals surface area contributed by atoms with Crippen LogP contribution in [0.2, 0.25) is 0 Å². The van der Waals surface area contributed by atoms with Crippen LogP contribution >= 0.6 is 0 Å². The van der Waals surface area contributed by atoms with Crippen LogP contribution in [0.4, 0.5) is 0 Å². The monoisotopic (exact) mass is 288 g/mol. The van der Waals surface area contributed by atoms with Gasteiger partial charge in [0.1, 0.15) is 0 Å². The van der Waals surface area contributed by atoms with Gasteiger partial charge in [0.25, 0.3) is 0 Å². The average Bonchev–Trinajstić information content (AvgIpc) is 2.99. The van der Waals surface area contributed by atoms with E-state index in [0.717, 1.165) is 45.0 Å². The number of rotatable bonds is 4. The van der Waals surface area contributed by atoms with Gasteiger partial charge in [-0.1, -0.05) is 0 Å². The Morgan fingerprint density at radius 2 is 1.71 bits per heavy atom. The molecule has 0 spiro atoms. The van der Waals surface area contributed by atoms with Crippen LogP contribution in [0.5, 0.6) is 0 Å². The molecule has 114 valence electrons. The normalized spacial score (nSPS) is 17.5. The van der Waals surface area contributed by atoms with Crippen LogP contribution in [0.25, 0.3) is 0 Å². The third-order valence-corrected chi connectivity index (χ3v) is 4.28. The SMILES string of the molecule is Cc1nn(C)cc1CN1CCN(Cc2ccnn2C)CC1. The van der Waals surface area contributed by atoms with Crippen LogP contribution in [-0.2, 0) is 27.2 Å². The molecule has 6 heteroatoms. The summed E-state index contributed by atoms with van der Waals surface area (Å²) in [6.07, 6.45) is 4.01. The summed E-state index contributed by atoms with van der Waals surface area (Å²) >= 11 is 0. The molecule has 0 amide bonds. The van der Waals surface area contributed by atoms with Gasteiger partial charge in [-0.3, -0.25) is 19.2 Å². The zero-order valence-electron chi connectivity index (χ0n) is 13.2. The maximum Gasteiger partial charge on any atom is 0.0638 e. The first-order chi connectivity index (χ1) is 10.1. The van der Waals surface area contributed by atoms with Crippen molar-refractivity contribution in [2.45, 2.75) is 20.0 Å². The highest BCUT2D eigenvalue weighted by atomic mass is 15.3. The molecule has 2 aromatic rings. The molecular weight excluding hydrogens is 264 g/mol. The van der Waals surface area contributed by atoms with Gasteiger partial charge >= 0.3 is 0 Å². The molecule has 0 atom stereocenters. The number of hydrogen-bond acceptors (Lipinski definition) is 4. The van der Waals surface area contributed by atoms with Gasteiger partial charge in [-0.05, 0) is 13.0 Å².